The Morgan fingerprint density at radius 1 is 1.22 bits per heavy atom. The van der Waals surface area contributed by atoms with E-state index in [4.69, 9.17) is 14.5 Å². The van der Waals surface area contributed by atoms with Gasteiger partial charge in [-0.3, -0.25) is 4.79 Å². The Hall–Kier alpha value is -3.04. The van der Waals surface area contributed by atoms with Crippen molar-refractivity contribution in [2.24, 2.45) is 11.3 Å². The summed E-state index contributed by atoms with van der Waals surface area (Å²) in [6, 6.07) is 1.28. The molecule has 2 aliphatic rings. The monoisotopic (exact) mass is 518 g/mol. The molecule has 202 valence electrons. The summed E-state index contributed by atoms with van der Waals surface area (Å²) in [6.07, 6.45) is 9.50. The van der Waals surface area contributed by atoms with E-state index in [0.29, 0.717) is 30.6 Å². The fourth-order valence-corrected chi connectivity index (χ4v) is 5.36. The summed E-state index contributed by atoms with van der Waals surface area (Å²) in [4.78, 5) is 30.0. The minimum Gasteiger partial charge on any atom is -0.469 e. The molecular weight excluding hydrogens is 482 g/mol. The number of aromatic nitrogens is 3. The zero-order valence-electron chi connectivity index (χ0n) is 21.9. The highest BCUT2D eigenvalue weighted by molar-refractivity contribution is 5.77. The summed E-state index contributed by atoms with van der Waals surface area (Å²) in [6.45, 7) is 5.30. The number of allylic oxidation sites excluding steroid dienone is 2. The molecule has 1 N–H and O–H groups in total. The van der Waals surface area contributed by atoms with E-state index in [1.807, 2.05) is 12.1 Å². The van der Waals surface area contributed by atoms with E-state index in [2.05, 4.69) is 16.5 Å². The average molecular weight is 519 g/mol. The van der Waals surface area contributed by atoms with Crippen molar-refractivity contribution in [3.05, 3.63) is 41.9 Å². The number of alkyl halides is 2. The second kappa shape index (κ2) is 10.4. The molecule has 2 aromatic heterocycles. The zero-order chi connectivity index (χ0) is 26.8. The number of esters is 1. The van der Waals surface area contributed by atoms with Crippen LogP contribution in [0.25, 0.3) is 5.65 Å². The predicted octanol–water partition coefficient (Wildman–Crippen LogP) is 5.56. The quantitative estimate of drug-likeness (QED) is 0.397. The first-order valence-electron chi connectivity index (χ1n) is 12.8. The molecule has 2 aromatic rings. The number of alkyl carbamates (subject to hydrolysis) is 1. The van der Waals surface area contributed by atoms with Crippen LogP contribution in [0.3, 0.4) is 0 Å². The van der Waals surface area contributed by atoms with E-state index in [-0.39, 0.29) is 37.6 Å². The lowest BCUT2D eigenvalue weighted by Crippen LogP contribution is -2.40. The lowest BCUT2D eigenvalue weighted by atomic mass is 9.73. The van der Waals surface area contributed by atoms with Crippen LogP contribution in [0.15, 0.2) is 30.6 Å². The van der Waals surface area contributed by atoms with Gasteiger partial charge in [-0.2, -0.15) is 5.10 Å². The van der Waals surface area contributed by atoms with Gasteiger partial charge in [0.2, 0.25) is 5.92 Å². The number of halogens is 2. The molecule has 2 aliphatic carbocycles. The van der Waals surface area contributed by atoms with Crippen molar-refractivity contribution in [3.8, 4) is 0 Å². The third-order valence-electron chi connectivity index (χ3n) is 7.25. The summed E-state index contributed by atoms with van der Waals surface area (Å²) >= 11 is 0. The van der Waals surface area contributed by atoms with Gasteiger partial charge in [0.1, 0.15) is 5.60 Å². The summed E-state index contributed by atoms with van der Waals surface area (Å²) in [5.41, 5.74) is 0.588. The smallest absolute Gasteiger partial charge is 0.408 e. The minimum absolute atomic E-state index is 0.215. The van der Waals surface area contributed by atoms with Crippen LogP contribution in [-0.2, 0) is 20.7 Å². The summed E-state index contributed by atoms with van der Waals surface area (Å²) in [5.74, 6) is -3.14. The third kappa shape index (κ3) is 6.45. The lowest BCUT2D eigenvalue weighted by molar-refractivity contribution is -0.153. The van der Waals surface area contributed by atoms with Crippen LogP contribution in [0, 0.1) is 11.3 Å². The lowest BCUT2D eigenvalue weighted by Gasteiger charge is -2.33. The number of carbonyl (C=O) groups excluding carboxylic acids is 2. The molecule has 2 heterocycles. The summed E-state index contributed by atoms with van der Waals surface area (Å²) in [5, 5.41) is 7.37. The molecule has 1 fully saturated rings. The Morgan fingerprint density at radius 2 is 1.95 bits per heavy atom. The topological polar surface area (TPSA) is 94.8 Å². The number of nitrogens with one attached hydrogen (secondary N) is 1. The second-order valence-corrected chi connectivity index (χ2v) is 11.3. The molecule has 0 spiro atoms. The number of carbonyl (C=O) groups is 2. The predicted molar refractivity (Wildman–Crippen MR) is 133 cm³/mol. The Morgan fingerprint density at radius 3 is 2.57 bits per heavy atom. The van der Waals surface area contributed by atoms with Crippen LogP contribution < -0.4 is 5.32 Å². The third-order valence-corrected chi connectivity index (χ3v) is 7.25. The van der Waals surface area contributed by atoms with Crippen LogP contribution >= 0.6 is 0 Å². The van der Waals surface area contributed by atoms with Gasteiger partial charge < -0.3 is 14.8 Å². The number of ether oxygens (including phenoxy) is 2. The standard InChI is InChI=1S/C27H36F2N4O4/c1-25(2,3)37-24(35)32-22(19-8-12-27(28,29)13-9-19)20-17-33-21(31-20)14-18(16-30-33)15-26(23(34)36-4)10-6-5-7-11-26/h5-6,14,16-17,19,22H,7-13,15H2,1-4H3,(H,32,35)/t22-,26?/m0/s1. The molecule has 1 amide bonds. The number of amides is 1. The van der Waals surface area contributed by atoms with Gasteiger partial charge in [-0.05, 0) is 76.8 Å². The van der Waals surface area contributed by atoms with Crippen LogP contribution in [0.1, 0.15) is 83.0 Å². The molecule has 1 unspecified atom stereocenters. The number of imidazole rings is 1. The van der Waals surface area contributed by atoms with Gasteiger partial charge in [0.15, 0.2) is 5.65 Å². The molecule has 1 saturated carbocycles. The van der Waals surface area contributed by atoms with E-state index in [9.17, 15) is 18.4 Å². The molecular formula is C27H36F2N4O4. The maximum Gasteiger partial charge on any atom is 0.408 e. The molecule has 0 bridgehead atoms. The highest BCUT2D eigenvalue weighted by Gasteiger charge is 2.41. The number of hydrogen-bond donors (Lipinski definition) is 1. The van der Waals surface area contributed by atoms with Crippen molar-refractivity contribution < 1.29 is 27.8 Å². The molecule has 4 rings (SSSR count). The van der Waals surface area contributed by atoms with Crippen LogP contribution in [0.2, 0.25) is 0 Å². The van der Waals surface area contributed by atoms with Crippen LogP contribution in [-0.4, -0.2) is 45.3 Å². The van der Waals surface area contributed by atoms with Gasteiger partial charge in [-0.25, -0.2) is 23.1 Å². The first-order chi connectivity index (χ1) is 17.4. The molecule has 0 saturated heterocycles. The van der Waals surface area contributed by atoms with Crippen molar-refractivity contribution in [3.63, 3.8) is 0 Å². The Bertz CT molecular complexity index is 1160. The largest absolute Gasteiger partial charge is 0.469 e. The van der Waals surface area contributed by atoms with Crippen molar-refractivity contribution in [2.75, 3.05) is 7.11 Å². The van der Waals surface area contributed by atoms with Gasteiger partial charge >= 0.3 is 12.1 Å². The first-order valence-corrected chi connectivity index (χ1v) is 12.8. The average Bonchev–Trinajstić information content (AvgIpc) is 3.25. The highest BCUT2D eigenvalue weighted by atomic mass is 19.3. The molecule has 37 heavy (non-hydrogen) atoms. The molecule has 0 aliphatic heterocycles. The van der Waals surface area contributed by atoms with Gasteiger partial charge in [-0.15, -0.1) is 0 Å². The maximum absolute atomic E-state index is 13.9. The van der Waals surface area contributed by atoms with E-state index in [1.165, 1.54) is 7.11 Å². The van der Waals surface area contributed by atoms with E-state index in [0.717, 1.165) is 12.0 Å². The normalized spacial score (nSPS) is 23.0. The second-order valence-electron chi connectivity index (χ2n) is 11.3. The summed E-state index contributed by atoms with van der Waals surface area (Å²) < 4.78 is 39.9. The molecule has 0 aromatic carbocycles. The fraction of sp³-hybridized carbons (Fsp3) is 0.630. The van der Waals surface area contributed by atoms with Gasteiger partial charge in [-0.1, -0.05) is 12.2 Å². The number of nitrogens with zero attached hydrogens (tertiary/aromatic N) is 3. The van der Waals surface area contributed by atoms with Crippen molar-refractivity contribution in [2.45, 2.75) is 89.7 Å². The Kier molecular flexibility index (Phi) is 7.57. The van der Waals surface area contributed by atoms with Gasteiger partial charge in [0.05, 0.1) is 36.7 Å². The van der Waals surface area contributed by atoms with Crippen molar-refractivity contribution in [1.29, 1.82) is 0 Å². The van der Waals surface area contributed by atoms with E-state index < -0.39 is 29.1 Å². The zero-order valence-corrected chi connectivity index (χ0v) is 21.9. The van der Waals surface area contributed by atoms with E-state index in [1.54, 1.807) is 37.7 Å². The fourth-order valence-electron chi connectivity index (χ4n) is 5.36. The summed E-state index contributed by atoms with van der Waals surface area (Å²) in [7, 11) is 1.41. The van der Waals surface area contributed by atoms with E-state index >= 15 is 0 Å². The molecule has 10 heteroatoms. The number of methoxy groups -OCH3 is 1. The number of fused-ring (bicyclic) bond motifs is 1. The molecule has 0 radical (unpaired) electrons. The maximum atomic E-state index is 13.9. The number of hydrogen-bond acceptors (Lipinski definition) is 6. The minimum atomic E-state index is -2.69. The first kappa shape index (κ1) is 27.0. The van der Waals surface area contributed by atoms with Gasteiger partial charge in [0.25, 0.3) is 0 Å². The Balaban J connectivity index is 1.61. The van der Waals surface area contributed by atoms with Crippen LogP contribution in [0.5, 0.6) is 0 Å². The van der Waals surface area contributed by atoms with Crippen LogP contribution in [0.4, 0.5) is 13.6 Å². The molecule has 8 nitrogen and oxygen atoms in total. The van der Waals surface area contributed by atoms with Gasteiger partial charge in [0, 0.05) is 12.8 Å². The molecule has 2 atom stereocenters. The Labute approximate surface area is 215 Å². The van der Waals surface area contributed by atoms with Crippen molar-refractivity contribution >= 4 is 17.7 Å². The van der Waals surface area contributed by atoms with Crippen molar-refractivity contribution in [1.82, 2.24) is 19.9 Å². The number of rotatable bonds is 6. The SMILES string of the molecule is COC(=O)C1(Cc2cnn3cc([C@@H](NC(=O)OC(C)(C)C)C4CCC(F)(F)CC4)nc3c2)CC=CCC1. The highest BCUT2D eigenvalue weighted by Crippen LogP contribution is 2.42.